The molecule has 0 radical (unpaired) electrons. The molecule has 0 aromatic heterocycles. The lowest BCUT2D eigenvalue weighted by Gasteiger charge is -2.35. The van der Waals surface area contributed by atoms with Gasteiger partial charge in [0.2, 0.25) is 15.9 Å². The number of rotatable bonds is 6. The van der Waals surface area contributed by atoms with Crippen LogP contribution in [0.15, 0.2) is 59.5 Å². The van der Waals surface area contributed by atoms with Crippen LogP contribution in [-0.4, -0.2) is 68.2 Å². The number of amides is 1. The van der Waals surface area contributed by atoms with Gasteiger partial charge >= 0.3 is 0 Å². The van der Waals surface area contributed by atoms with Crippen LogP contribution in [-0.2, 0) is 14.8 Å². The molecule has 1 fully saturated rings. The van der Waals surface area contributed by atoms with Gasteiger partial charge in [-0.15, -0.1) is 0 Å². The summed E-state index contributed by atoms with van der Waals surface area (Å²) in [6, 6.07) is 14.8. The molecule has 0 bridgehead atoms. The number of piperazine rings is 1. The molecule has 29 heavy (non-hydrogen) atoms. The summed E-state index contributed by atoms with van der Waals surface area (Å²) in [5, 5.41) is 0. The number of likely N-dealkylation sites (N-methyl/N-ethyl adjacent to an activating group) is 1. The lowest BCUT2D eigenvalue weighted by atomic mass is 10.1. The van der Waals surface area contributed by atoms with E-state index in [2.05, 4.69) is 0 Å². The molecule has 0 unspecified atom stereocenters. The maximum atomic E-state index is 13.4. The first kappa shape index (κ1) is 21.4. The normalized spacial score (nSPS) is 17.1. The summed E-state index contributed by atoms with van der Waals surface area (Å²) in [6.45, 7) is 3.66. The van der Waals surface area contributed by atoms with Crippen LogP contribution >= 0.6 is 0 Å². The molecule has 1 amide bonds. The fraction of sp³-hybridized carbons (Fsp3) is 0.381. The van der Waals surface area contributed by atoms with E-state index in [1.165, 1.54) is 22.5 Å². The molecule has 0 spiro atoms. The van der Waals surface area contributed by atoms with Crippen LogP contribution in [0.2, 0.25) is 0 Å². The molecule has 8 heteroatoms. The van der Waals surface area contributed by atoms with Crippen molar-refractivity contribution in [3.8, 4) is 0 Å². The third-order valence-electron chi connectivity index (χ3n) is 5.38. The summed E-state index contributed by atoms with van der Waals surface area (Å²) in [4.78, 5) is 16.3. The number of hydrogen-bond donors (Lipinski definition) is 0. The maximum absolute atomic E-state index is 13.4. The Hall–Kier alpha value is -2.29. The van der Waals surface area contributed by atoms with Crippen LogP contribution in [0.4, 0.5) is 4.39 Å². The highest BCUT2D eigenvalue weighted by molar-refractivity contribution is 7.89. The van der Waals surface area contributed by atoms with E-state index in [1.807, 2.05) is 42.2 Å². The van der Waals surface area contributed by atoms with E-state index in [1.54, 1.807) is 11.9 Å². The zero-order valence-electron chi connectivity index (χ0n) is 16.7. The number of halogens is 1. The van der Waals surface area contributed by atoms with Gasteiger partial charge in [0.1, 0.15) is 5.82 Å². The van der Waals surface area contributed by atoms with Crippen LogP contribution in [0.5, 0.6) is 0 Å². The van der Waals surface area contributed by atoms with Crippen molar-refractivity contribution >= 4 is 15.9 Å². The number of carbonyl (C=O) groups excluding carboxylic acids is 1. The smallest absolute Gasteiger partial charge is 0.243 e. The first-order valence-electron chi connectivity index (χ1n) is 9.57. The van der Waals surface area contributed by atoms with Crippen molar-refractivity contribution in [2.24, 2.45) is 0 Å². The third kappa shape index (κ3) is 5.01. The van der Waals surface area contributed by atoms with Crippen molar-refractivity contribution in [3.05, 3.63) is 66.0 Å². The molecule has 0 saturated carbocycles. The average molecular weight is 420 g/mol. The number of nitrogens with zero attached hydrogens (tertiary/aromatic N) is 3. The Kier molecular flexibility index (Phi) is 6.66. The maximum Gasteiger partial charge on any atom is 0.243 e. The van der Waals surface area contributed by atoms with Crippen LogP contribution in [0, 0.1) is 5.82 Å². The molecule has 1 heterocycles. The Morgan fingerprint density at radius 2 is 1.72 bits per heavy atom. The highest BCUT2D eigenvalue weighted by Gasteiger charge is 2.30. The average Bonchev–Trinajstić information content (AvgIpc) is 2.73. The van der Waals surface area contributed by atoms with Crippen LogP contribution in [0.3, 0.4) is 0 Å². The van der Waals surface area contributed by atoms with Crippen molar-refractivity contribution < 1.29 is 17.6 Å². The van der Waals surface area contributed by atoms with Gasteiger partial charge in [0.15, 0.2) is 0 Å². The molecule has 1 saturated heterocycles. The molecule has 1 atom stereocenters. The van der Waals surface area contributed by atoms with Gasteiger partial charge in [0.25, 0.3) is 0 Å². The molecular weight excluding hydrogens is 393 g/mol. The Labute approximate surface area is 171 Å². The largest absolute Gasteiger partial charge is 0.338 e. The second kappa shape index (κ2) is 9.02. The van der Waals surface area contributed by atoms with Crippen LogP contribution < -0.4 is 0 Å². The first-order valence-corrected chi connectivity index (χ1v) is 11.0. The minimum atomic E-state index is -3.73. The minimum absolute atomic E-state index is 0.0113. The van der Waals surface area contributed by atoms with E-state index in [9.17, 15) is 17.6 Å². The molecule has 1 aliphatic heterocycles. The highest BCUT2D eigenvalue weighted by Crippen LogP contribution is 2.20. The number of benzene rings is 2. The van der Waals surface area contributed by atoms with Crippen molar-refractivity contribution in [1.29, 1.82) is 0 Å². The summed E-state index contributed by atoms with van der Waals surface area (Å²) in [5.74, 6) is -0.589. The molecule has 0 N–H and O–H groups in total. The van der Waals surface area contributed by atoms with Crippen molar-refractivity contribution in [1.82, 2.24) is 14.1 Å². The second-order valence-corrected chi connectivity index (χ2v) is 9.17. The van der Waals surface area contributed by atoms with Crippen molar-refractivity contribution in [3.63, 3.8) is 0 Å². The van der Waals surface area contributed by atoms with Gasteiger partial charge < -0.3 is 4.90 Å². The predicted molar refractivity (Wildman–Crippen MR) is 109 cm³/mol. The van der Waals surface area contributed by atoms with Crippen molar-refractivity contribution in [2.75, 3.05) is 39.8 Å². The monoisotopic (exact) mass is 419 g/mol. The molecule has 3 rings (SSSR count). The summed E-state index contributed by atoms with van der Waals surface area (Å²) in [6.07, 6.45) is 0. The second-order valence-electron chi connectivity index (χ2n) is 7.23. The van der Waals surface area contributed by atoms with Crippen LogP contribution in [0.1, 0.15) is 18.5 Å². The summed E-state index contributed by atoms with van der Waals surface area (Å²) < 4.78 is 40.1. The first-order chi connectivity index (χ1) is 13.8. The number of sulfonamides is 1. The van der Waals surface area contributed by atoms with E-state index in [0.29, 0.717) is 13.1 Å². The quantitative estimate of drug-likeness (QED) is 0.721. The van der Waals surface area contributed by atoms with Gasteiger partial charge in [0.05, 0.1) is 17.5 Å². The standard InChI is InChI=1S/C21H26FN3O3S/c1-17(18-7-4-3-5-8-18)23(2)21(26)16-24-11-13-25(14-12-24)29(27,28)20-10-6-9-19(22)15-20/h3-10,15,17H,11-14,16H2,1-2H3/t17-/m0/s1. The van der Waals surface area contributed by atoms with E-state index in [-0.39, 0.29) is 36.5 Å². The van der Waals surface area contributed by atoms with E-state index < -0.39 is 15.8 Å². The Morgan fingerprint density at radius 3 is 2.34 bits per heavy atom. The molecular formula is C21H26FN3O3S. The summed E-state index contributed by atoms with van der Waals surface area (Å²) in [7, 11) is -1.95. The zero-order valence-corrected chi connectivity index (χ0v) is 17.5. The third-order valence-corrected chi connectivity index (χ3v) is 7.27. The fourth-order valence-corrected chi connectivity index (χ4v) is 4.83. The van der Waals surface area contributed by atoms with Crippen molar-refractivity contribution in [2.45, 2.75) is 17.9 Å². The van der Waals surface area contributed by atoms with Gasteiger partial charge in [-0.2, -0.15) is 4.31 Å². The predicted octanol–water partition coefficient (Wildman–Crippen LogP) is 2.35. The van der Waals surface area contributed by atoms with Gasteiger partial charge in [-0.05, 0) is 30.7 Å². The highest BCUT2D eigenvalue weighted by atomic mass is 32.2. The van der Waals surface area contributed by atoms with E-state index in [4.69, 9.17) is 0 Å². The van der Waals surface area contributed by atoms with Gasteiger partial charge in [-0.25, -0.2) is 12.8 Å². The topological polar surface area (TPSA) is 60.9 Å². The fourth-order valence-electron chi connectivity index (χ4n) is 3.38. The SMILES string of the molecule is C[C@@H](c1ccccc1)N(C)C(=O)CN1CCN(S(=O)(=O)c2cccc(F)c2)CC1. The molecule has 156 valence electrons. The van der Waals surface area contributed by atoms with Gasteiger partial charge in [-0.1, -0.05) is 36.4 Å². The van der Waals surface area contributed by atoms with Gasteiger partial charge in [-0.3, -0.25) is 9.69 Å². The molecule has 0 aliphatic carbocycles. The van der Waals surface area contributed by atoms with E-state index in [0.717, 1.165) is 11.6 Å². The molecule has 2 aromatic carbocycles. The molecule has 1 aliphatic rings. The summed E-state index contributed by atoms with van der Waals surface area (Å²) in [5.41, 5.74) is 1.06. The number of carbonyl (C=O) groups is 1. The Bertz CT molecular complexity index is 945. The number of hydrogen-bond acceptors (Lipinski definition) is 4. The summed E-state index contributed by atoms with van der Waals surface area (Å²) >= 11 is 0. The van der Waals surface area contributed by atoms with Crippen LogP contribution in [0.25, 0.3) is 0 Å². The lowest BCUT2D eigenvalue weighted by molar-refractivity contribution is -0.133. The molecule has 6 nitrogen and oxygen atoms in total. The zero-order chi connectivity index (χ0) is 21.0. The minimum Gasteiger partial charge on any atom is -0.338 e. The lowest BCUT2D eigenvalue weighted by Crippen LogP contribution is -2.51. The van der Waals surface area contributed by atoms with E-state index >= 15 is 0 Å². The van der Waals surface area contributed by atoms with Gasteiger partial charge in [0, 0.05) is 33.2 Å². The Morgan fingerprint density at radius 1 is 1.07 bits per heavy atom. The Balaban J connectivity index is 1.56. The molecule has 2 aromatic rings.